The van der Waals surface area contributed by atoms with Crippen LogP contribution in [0.5, 0.6) is 11.5 Å². The van der Waals surface area contributed by atoms with Gasteiger partial charge in [-0.2, -0.15) is 0 Å². The molecule has 0 atom stereocenters. The molecule has 0 spiro atoms. The van der Waals surface area contributed by atoms with Crippen LogP contribution in [-0.2, 0) is 11.3 Å². The van der Waals surface area contributed by atoms with Crippen molar-refractivity contribution in [2.24, 2.45) is 0 Å². The molecular weight excluding hydrogens is 352 g/mol. The zero-order valence-corrected chi connectivity index (χ0v) is 16.6. The van der Waals surface area contributed by atoms with Crippen molar-refractivity contribution in [2.45, 2.75) is 33.2 Å². The molecule has 0 saturated heterocycles. The number of aromatic nitrogens is 1. The predicted molar refractivity (Wildman–Crippen MR) is 111 cm³/mol. The monoisotopic (exact) mass is 378 g/mol. The Hall–Kier alpha value is -3.08. The van der Waals surface area contributed by atoms with Crippen LogP contribution in [0.2, 0.25) is 0 Å². The number of methoxy groups -OCH3 is 1. The number of carbonyl (C=O) groups excluding carboxylic acids is 1. The summed E-state index contributed by atoms with van der Waals surface area (Å²) in [5.41, 5.74) is 2.77. The minimum atomic E-state index is -0.0118. The van der Waals surface area contributed by atoms with Crippen LogP contribution in [0.25, 0.3) is 10.8 Å². The van der Waals surface area contributed by atoms with Crippen LogP contribution in [0.1, 0.15) is 29.7 Å². The molecule has 0 aliphatic rings. The van der Waals surface area contributed by atoms with Crippen molar-refractivity contribution >= 4 is 16.7 Å². The van der Waals surface area contributed by atoms with Gasteiger partial charge in [0, 0.05) is 29.1 Å². The number of nitrogens with zero attached hydrogens (tertiary/aromatic N) is 1. The van der Waals surface area contributed by atoms with E-state index in [-0.39, 0.29) is 5.91 Å². The summed E-state index contributed by atoms with van der Waals surface area (Å²) in [6.07, 6.45) is 2.83. The highest BCUT2D eigenvalue weighted by atomic mass is 16.5. The van der Waals surface area contributed by atoms with E-state index in [1.54, 1.807) is 13.3 Å². The molecule has 0 aliphatic carbocycles. The van der Waals surface area contributed by atoms with Gasteiger partial charge in [0.15, 0.2) is 0 Å². The minimum Gasteiger partial charge on any atom is -0.496 e. The summed E-state index contributed by atoms with van der Waals surface area (Å²) >= 11 is 0. The van der Waals surface area contributed by atoms with Crippen LogP contribution < -0.4 is 14.8 Å². The highest BCUT2D eigenvalue weighted by Gasteiger charge is 2.10. The van der Waals surface area contributed by atoms with Crippen LogP contribution in [0, 0.1) is 13.8 Å². The second-order valence-corrected chi connectivity index (χ2v) is 6.75. The molecule has 0 saturated carbocycles. The Morgan fingerprint density at radius 1 is 1.11 bits per heavy atom. The molecule has 2 aromatic carbocycles. The van der Waals surface area contributed by atoms with E-state index in [0.717, 1.165) is 39.1 Å². The Kier molecular flexibility index (Phi) is 6.48. The number of amides is 1. The van der Waals surface area contributed by atoms with E-state index in [4.69, 9.17) is 9.47 Å². The number of rotatable bonds is 8. The van der Waals surface area contributed by atoms with Crippen LogP contribution in [-0.4, -0.2) is 24.6 Å². The molecule has 0 aliphatic heterocycles. The first-order valence-corrected chi connectivity index (χ1v) is 9.46. The minimum absolute atomic E-state index is 0.0118. The fourth-order valence-corrected chi connectivity index (χ4v) is 3.26. The molecule has 0 radical (unpaired) electrons. The number of nitrogens with one attached hydrogen (secondary N) is 1. The summed E-state index contributed by atoms with van der Waals surface area (Å²) in [6, 6.07) is 14.1. The lowest BCUT2D eigenvalue weighted by molar-refractivity contribution is -0.121. The lowest BCUT2D eigenvalue weighted by Gasteiger charge is -2.13. The maximum atomic E-state index is 12.1. The first kappa shape index (κ1) is 19.7. The van der Waals surface area contributed by atoms with E-state index in [0.29, 0.717) is 26.0 Å². The number of pyridine rings is 1. The SMILES string of the molecule is COc1c(C)cnc(CNC(=O)CCCOc2cccc3ccccc23)c1C. The van der Waals surface area contributed by atoms with Crippen molar-refractivity contribution in [3.8, 4) is 11.5 Å². The predicted octanol–water partition coefficient (Wildman–Crippen LogP) is 4.34. The number of fused-ring (bicyclic) bond motifs is 1. The molecule has 146 valence electrons. The molecular formula is C23H26N2O3. The Morgan fingerprint density at radius 3 is 2.71 bits per heavy atom. The summed E-state index contributed by atoms with van der Waals surface area (Å²) in [4.78, 5) is 16.6. The van der Waals surface area contributed by atoms with Gasteiger partial charge < -0.3 is 14.8 Å². The molecule has 1 N–H and O–H groups in total. The fraction of sp³-hybridized carbons (Fsp3) is 0.304. The van der Waals surface area contributed by atoms with Gasteiger partial charge in [-0.3, -0.25) is 9.78 Å². The van der Waals surface area contributed by atoms with Gasteiger partial charge in [0.05, 0.1) is 26.0 Å². The summed E-state index contributed by atoms with van der Waals surface area (Å²) in [5, 5.41) is 5.16. The van der Waals surface area contributed by atoms with Gasteiger partial charge in [-0.25, -0.2) is 0 Å². The average Bonchev–Trinajstić information content (AvgIpc) is 2.71. The lowest BCUT2D eigenvalue weighted by atomic mass is 10.1. The summed E-state index contributed by atoms with van der Waals surface area (Å²) < 4.78 is 11.3. The number of hydrogen-bond donors (Lipinski definition) is 1. The zero-order valence-electron chi connectivity index (χ0n) is 16.6. The van der Waals surface area contributed by atoms with Gasteiger partial charge in [-0.05, 0) is 31.7 Å². The Balaban J connectivity index is 1.46. The highest BCUT2D eigenvalue weighted by Crippen LogP contribution is 2.25. The Bertz CT molecular complexity index is 964. The van der Waals surface area contributed by atoms with E-state index in [9.17, 15) is 4.79 Å². The van der Waals surface area contributed by atoms with Crippen LogP contribution in [0.3, 0.4) is 0 Å². The molecule has 3 rings (SSSR count). The van der Waals surface area contributed by atoms with Crippen molar-refractivity contribution < 1.29 is 14.3 Å². The van der Waals surface area contributed by atoms with E-state index in [2.05, 4.69) is 22.4 Å². The quantitative estimate of drug-likeness (QED) is 0.593. The standard InChI is InChI=1S/C23H26N2O3/c1-16-14-24-20(17(2)23(16)27-3)15-25-22(26)12-7-13-28-21-11-6-9-18-8-4-5-10-19(18)21/h4-6,8-11,14H,7,12-13,15H2,1-3H3,(H,25,26). The molecule has 1 aromatic heterocycles. The normalized spacial score (nSPS) is 10.7. The molecule has 3 aromatic rings. The van der Waals surface area contributed by atoms with E-state index in [1.165, 1.54) is 0 Å². The third-order valence-corrected chi connectivity index (χ3v) is 4.76. The molecule has 28 heavy (non-hydrogen) atoms. The third kappa shape index (κ3) is 4.60. The smallest absolute Gasteiger partial charge is 0.220 e. The van der Waals surface area contributed by atoms with Crippen LogP contribution in [0.15, 0.2) is 48.7 Å². The molecule has 0 unspecified atom stereocenters. The van der Waals surface area contributed by atoms with Gasteiger partial charge in [0.2, 0.25) is 5.91 Å². The van der Waals surface area contributed by atoms with E-state index >= 15 is 0 Å². The molecule has 1 amide bonds. The Morgan fingerprint density at radius 2 is 1.89 bits per heavy atom. The van der Waals surface area contributed by atoms with Gasteiger partial charge in [-0.15, -0.1) is 0 Å². The topological polar surface area (TPSA) is 60.5 Å². The van der Waals surface area contributed by atoms with Crippen molar-refractivity contribution in [2.75, 3.05) is 13.7 Å². The first-order valence-electron chi connectivity index (χ1n) is 9.46. The number of aryl methyl sites for hydroxylation is 1. The first-order chi connectivity index (χ1) is 13.6. The maximum absolute atomic E-state index is 12.1. The second kappa shape index (κ2) is 9.22. The van der Waals surface area contributed by atoms with Crippen molar-refractivity contribution in [3.63, 3.8) is 0 Å². The molecule has 0 bridgehead atoms. The van der Waals surface area contributed by atoms with Crippen LogP contribution >= 0.6 is 0 Å². The van der Waals surface area contributed by atoms with Crippen molar-refractivity contribution in [3.05, 3.63) is 65.5 Å². The molecule has 1 heterocycles. The third-order valence-electron chi connectivity index (χ3n) is 4.76. The molecule has 5 heteroatoms. The van der Waals surface area contributed by atoms with Gasteiger partial charge in [0.25, 0.3) is 0 Å². The molecule has 0 fully saturated rings. The zero-order chi connectivity index (χ0) is 19.9. The van der Waals surface area contributed by atoms with Crippen molar-refractivity contribution in [1.29, 1.82) is 0 Å². The van der Waals surface area contributed by atoms with Crippen LogP contribution in [0.4, 0.5) is 0 Å². The van der Waals surface area contributed by atoms with E-state index < -0.39 is 0 Å². The van der Waals surface area contributed by atoms with Gasteiger partial charge >= 0.3 is 0 Å². The molecule has 5 nitrogen and oxygen atoms in total. The maximum Gasteiger partial charge on any atom is 0.220 e. The number of benzene rings is 2. The highest BCUT2D eigenvalue weighted by molar-refractivity contribution is 5.88. The summed E-state index contributed by atoms with van der Waals surface area (Å²) in [7, 11) is 1.65. The summed E-state index contributed by atoms with van der Waals surface area (Å²) in [5.74, 6) is 1.66. The number of carbonyl (C=O) groups is 1. The Labute approximate surface area is 165 Å². The number of hydrogen-bond acceptors (Lipinski definition) is 4. The largest absolute Gasteiger partial charge is 0.496 e. The fourth-order valence-electron chi connectivity index (χ4n) is 3.26. The van der Waals surface area contributed by atoms with Gasteiger partial charge in [0.1, 0.15) is 11.5 Å². The second-order valence-electron chi connectivity index (χ2n) is 6.75. The number of ether oxygens (including phenoxy) is 2. The van der Waals surface area contributed by atoms with Gasteiger partial charge in [-0.1, -0.05) is 36.4 Å². The average molecular weight is 378 g/mol. The van der Waals surface area contributed by atoms with E-state index in [1.807, 2.05) is 44.2 Å². The lowest BCUT2D eigenvalue weighted by Crippen LogP contribution is -2.24. The van der Waals surface area contributed by atoms with Crippen molar-refractivity contribution in [1.82, 2.24) is 10.3 Å². The summed E-state index contributed by atoms with van der Waals surface area (Å²) in [6.45, 7) is 4.80.